The fraction of sp³-hybridized carbons (Fsp3) is 0.241. The number of anilines is 2. The van der Waals surface area contributed by atoms with Crippen LogP contribution in [-0.2, 0) is 6.42 Å². The smallest absolute Gasteiger partial charge is 0.258 e. The molecular weight excluding hydrogens is 529 g/mol. The van der Waals surface area contributed by atoms with Gasteiger partial charge in [-0.3, -0.25) is 14.7 Å². The molecule has 1 N–H and O–H groups in total. The standard InChI is InChI=1S/C29H28F2N4O.2ClH/c1-20-11-12-23-26(32-20)9-4-10-27(23)35-17-15-34(16-18-35)14-13-21-5-2-6-22(19-21)33-29(36)24-7-3-8-25(30)28(24)31;;/h2-12,19H,13-18H2,1H3,(H,33,36);2*1H. The van der Waals surface area contributed by atoms with E-state index in [9.17, 15) is 13.6 Å². The third-order valence-corrected chi connectivity index (χ3v) is 6.66. The van der Waals surface area contributed by atoms with Crippen molar-refractivity contribution < 1.29 is 13.6 Å². The minimum Gasteiger partial charge on any atom is -0.368 e. The Hall–Kier alpha value is -3.26. The van der Waals surface area contributed by atoms with Crippen molar-refractivity contribution in [1.82, 2.24) is 9.88 Å². The van der Waals surface area contributed by atoms with Crippen molar-refractivity contribution in [2.45, 2.75) is 13.3 Å². The molecule has 5 nitrogen and oxygen atoms in total. The molecule has 1 aliphatic heterocycles. The molecule has 38 heavy (non-hydrogen) atoms. The zero-order chi connectivity index (χ0) is 25.1. The molecule has 1 aromatic heterocycles. The van der Waals surface area contributed by atoms with E-state index in [-0.39, 0.29) is 30.4 Å². The van der Waals surface area contributed by atoms with Crippen LogP contribution in [0.4, 0.5) is 20.2 Å². The first-order valence-corrected chi connectivity index (χ1v) is 12.2. The zero-order valence-corrected chi connectivity index (χ0v) is 22.6. The summed E-state index contributed by atoms with van der Waals surface area (Å²) in [5.41, 5.74) is 4.61. The SMILES string of the molecule is Cc1ccc2c(N3CCN(CCc4cccc(NC(=O)c5cccc(F)c5F)c4)CC3)cccc2n1.Cl.Cl. The number of nitrogens with one attached hydrogen (secondary N) is 1. The van der Waals surface area contributed by atoms with Crippen molar-refractivity contribution in [2.75, 3.05) is 42.9 Å². The summed E-state index contributed by atoms with van der Waals surface area (Å²) < 4.78 is 27.4. The van der Waals surface area contributed by atoms with Gasteiger partial charge in [0.25, 0.3) is 5.91 Å². The van der Waals surface area contributed by atoms with Crippen LogP contribution < -0.4 is 10.2 Å². The molecule has 1 saturated heterocycles. The normalized spacial score (nSPS) is 13.5. The number of nitrogens with zero attached hydrogens (tertiary/aromatic N) is 3. The number of hydrogen-bond acceptors (Lipinski definition) is 4. The van der Waals surface area contributed by atoms with Crippen LogP contribution in [0.15, 0.2) is 72.8 Å². The molecule has 2 heterocycles. The van der Waals surface area contributed by atoms with Crippen LogP contribution in [0.25, 0.3) is 10.9 Å². The van der Waals surface area contributed by atoms with E-state index >= 15 is 0 Å². The Kier molecular flexibility index (Phi) is 10.0. The molecule has 0 bridgehead atoms. The Bertz CT molecular complexity index is 1410. The second-order valence-electron chi connectivity index (χ2n) is 9.13. The van der Waals surface area contributed by atoms with Gasteiger partial charge in [-0.15, -0.1) is 24.8 Å². The Balaban J connectivity index is 0.00000200. The molecule has 5 rings (SSSR count). The highest BCUT2D eigenvalue weighted by Gasteiger charge is 2.19. The number of aromatic nitrogens is 1. The van der Waals surface area contributed by atoms with Gasteiger partial charge in [0.05, 0.1) is 11.1 Å². The number of pyridine rings is 1. The monoisotopic (exact) mass is 558 g/mol. The zero-order valence-electron chi connectivity index (χ0n) is 21.0. The molecule has 0 atom stereocenters. The van der Waals surface area contributed by atoms with Gasteiger partial charge in [0.15, 0.2) is 11.6 Å². The van der Waals surface area contributed by atoms with E-state index in [0.717, 1.165) is 62.0 Å². The number of fused-ring (bicyclic) bond motifs is 1. The second-order valence-corrected chi connectivity index (χ2v) is 9.13. The van der Waals surface area contributed by atoms with Crippen LogP contribution in [0.2, 0.25) is 0 Å². The number of carbonyl (C=O) groups excluding carboxylic acids is 1. The van der Waals surface area contributed by atoms with Gasteiger partial charge in [-0.2, -0.15) is 0 Å². The van der Waals surface area contributed by atoms with Crippen LogP contribution in [0.5, 0.6) is 0 Å². The number of benzene rings is 3. The highest BCUT2D eigenvalue weighted by Crippen LogP contribution is 2.27. The van der Waals surface area contributed by atoms with E-state index in [1.165, 1.54) is 23.2 Å². The molecule has 0 radical (unpaired) electrons. The summed E-state index contributed by atoms with van der Waals surface area (Å²) in [6, 6.07) is 21.6. The van der Waals surface area contributed by atoms with Crippen molar-refractivity contribution >= 4 is 53.0 Å². The quantitative estimate of drug-likeness (QED) is 0.302. The van der Waals surface area contributed by atoms with Crippen LogP contribution in [0.3, 0.4) is 0 Å². The number of carbonyl (C=O) groups is 1. The number of hydrogen-bond donors (Lipinski definition) is 1. The molecule has 0 unspecified atom stereocenters. The first-order chi connectivity index (χ1) is 17.5. The average molecular weight is 559 g/mol. The Morgan fingerprint density at radius 3 is 2.45 bits per heavy atom. The van der Waals surface area contributed by atoms with Crippen molar-refractivity contribution in [2.24, 2.45) is 0 Å². The van der Waals surface area contributed by atoms with E-state index < -0.39 is 17.5 Å². The Morgan fingerprint density at radius 1 is 0.921 bits per heavy atom. The first kappa shape index (κ1) is 29.3. The fourth-order valence-electron chi connectivity index (χ4n) is 4.70. The molecule has 1 amide bonds. The summed E-state index contributed by atoms with van der Waals surface area (Å²) in [6.07, 6.45) is 0.829. The first-order valence-electron chi connectivity index (χ1n) is 12.2. The largest absolute Gasteiger partial charge is 0.368 e. The summed E-state index contributed by atoms with van der Waals surface area (Å²) in [5.74, 6) is -2.84. The molecule has 200 valence electrons. The number of halogens is 4. The van der Waals surface area contributed by atoms with Gasteiger partial charge in [0.2, 0.25) is 0 Å². The third kappa shape index (κ3) is 6.59. The van der Waals surface area contributed by atoms with Gasteiger partial charge in [-0.25, -0.2) is 8.78 Å². The molecule has 4 aromatic rings. The highest BCUT2D eigenvalue weighted by atomic mass is 35.5. The van der Waals surface area contributed by atoms with Gasteiger partial charge in [-0.05, 0) is 67.4 Å². The van der Waals surface area contributed by atoms with Crippen LogP contribution in [0, 0.1) is 18.6 Å². The second kappa shape index (κ2) is 13.0. The Morgan fingerprint density at radius 2 is 1.66 bits per heavy atom. The maximum absolute atomic E-state index is 13.9. The lowest BCUT2D eigenvalue weighted by Gasteiger charge is -2.36. The van der Waals surface area contributed by atoms with Crippen molar-refractivity contribution in [3.05, 3.63) is 101 Å². The highest BCUT2D eigenvalue weighted by molar-refractivity contribution is 6.04. The minimum atomic E-state index is -1.14. The van der Waals surface area contributed by atoms with Crippen LogP contribution >= 0.6 is 24.8 Å². The van der Waals surface area contributed by atoms with E-state index in [1.54, 1.807) is 6.07 Å². The van der Waals surface area contributed by atoms with Gasteiger partial charge >= 0.3 is 0 Å². The molecule has 0 aliphatic carbocycles. The molecule has 3 aromatic carbocycles. The lowest BCUT2D eigenvalue weighted by molar-refractivity contribution is 0.102. The van der Waals surface area contributed by atoms with Gasteiger partial charge < -0.3 is 10.2 Å². The van der Waals surface area contributed by atoms with E-state index in [0.29, 0.717) is 5.69 Å². The summed E-state index contributed by atoms with van der Waals surface area (Å²) in [7, 11) is 0. The van der Waals surface area contributed by atoms with Crippen LogP contribution in [-0.4, -0.2) is 48.5 Å². The van der Waals surface area contributed by atoms with E-state index in [1.807, 2.05) is 25.1 Å². The minimum absolute atomic E-state index is 0. The van der Waals surface area contributed by atoms with Crippen molar-refractivity contribution in [3.8, 4) is 0 Å². The average Bonchev–Trinajstić information content (AvgIpc) is 2.89. The number of piperazine rings is 1. The fourth-order valence-corrected chi connectivity index (χ4v) is 4.70. The topological polar surface area (TPSA) is 48.5 Å². The lowest BCUT2D eigenvalue weighted by Crippen LogP contribution is -2.47. The van der Waals surface area contributed by atoms with Gasteiger partial charge in [0.1, 0.15) is 0 Å². The number of aryl methyl sites for hydroxylation is 1. The molecule has 1 fully saturated rings. The molecule has 9 heteroatoms. The maximum atomic E-state index is 13.9. The predicted molar refractivity (Wildman–Crippen MR) is 154 cm³/mol. The molecule has 0 spiro atoms. The van der Waals surface area contributed by atoms with Crippen LogP contribution in [0.1, 0.15) is 21.6 Å². The predicted octanol–water partition coefficient (Wildman–Crippen LogP) is 6.28. The van der Waals surface area contributed by atoms with Crippen molar-refractivity contribution in [3.63, 3.8) is 0 Å². The summed E-state index contributed by atoms with van der Waals surface area (Å²) in [6.45, 7) is 6.74. The lowest BCUT2D eigenvalue weighted by atomic mass is 10.1. The van der Waals surface area contributed by atoms with Gasteiger partial charge in [0, 0.05) is 55.2 Å². The molecular formula is C29H30Cl2F2N4O. The molecule has 1 aliphatic rings. The maximum Gasteiger partial charge on any atom is 0.258 e. The van der Waals surface area contributed by atoms with E-state index in [2.05, 4.69) is 50.4 Å². The third-order valence-electron chi connectivity index (χ3n) is 6.66. The van der Waals surface area contributed by atoms with Gasteiger partial charge in [-0.1, -0.05) is 24.3 Å². The van der Waals surface area contributed by atoms with Crippen molar-refractivity contribution in [1.29, 1.82) is 0 Å². The summed E-state index contributed by atoms with van der Waals surface area (Å²) in [4.78, 5) is 21.9. The summed E-state index contributed by atoms with van der Waals surface area (Å²) >= 11 is 0. The summed E-state index contributed by atoms with van der Waals surface area (Å²) in [5, 5.41) is 3.86. The molecule has 0 saturated carbocycles. The Labute approximate surface area is 233 Å². The number of rotatable bonds is 6. The van der Waals surface area contributed by atoms with E-state index in [4.69, 9.17) is 0 Å². The number of amides is 1.